The lowest BCUT2D eigenvalue weighted by atomic mass is 9.55. The monoisotopic (exact) mass is 773 g/mol. The summed E-state index contributed by atoms with van der Waals surface area (Å²) in [5.41, 5.74) is -0.709. The van der Waals surface area contributed by atoms with Gasteiger partial charge in [-0.15, -0.1) is 0 Å². The molecular weight excluding hydrogens is 705 g/mol. The van der Waals surface area contributed by atoms with E-state index in [-0.39, 0.29) is 60.7 Å². The van der Waals surface area contributed by atoms with Crippen molar-refractivity contribution >= 4 is 17.5 Å². The fraction of sp³-hybridized carbons (Fsp3) is 0.717. The van der Waals surface area contributed by atoms with E-state index < -0.39 is 29.0 Å². The van der Waals surface area contributed by atoms with Crippen LogP contribution in [0.1, 0.15) is 104 Å². The smallest absolute Gasteiger partial charge is 0.350 e. The first-order valence-electron chi connectivity index (χ1n) is 21.9. The van der Waals surface area contributed by atoms with Crippen molar-refractivity contribution in [2.45, 2.75) is 128 Å². The number of epoxide rings is 1. The maximum absolute atomic E-state index is 15.2. The third-order valence-corrected chi connectivity index (χ3v) is 14.6. The van der Waals surface area contributed by atoms with E-state index in [9.17, 15) is 9.90 Å². The standard InChI is InChI=1S/C46H68N4O6/c1-5-48-38-24-33-13-8-7-12-32(33)23-35(38)28-55-43(54)46-42(53)40-34(25-44(3)19-9-6-10-20-44)14-11-15-37(40)41(52)45(46,56-46)26-36(27-51)30(2)16-17-31-18-21-49-39(22-31)50-29-47-4/h6,8-10,13,19,24,31-32,34-35,37-40,47-51H,5,7,11-12,14-18,20-23,25-29H2,1-4H3/t31?,32-,34?,35+,37?,38+,39?,40?,44-,45-,46-/m0/s1. The van der Waals surface area contributed by atoms with Crippen LogP contribution in [0.4, 0.5) is 0 Å². The van der Waals surface area contributed by atoms with Gasteiger partial charge in [-0.25, -0.2) is 4.79 Å². The van der Waals surface area contributed by atoms with Crippen molar-refractivity contribution in [3.63, 3.8) is 0 Å². The fourth-order valence-electron chi connectivity index (χ4n) is 11.4. The second-order valence-electron chi connectivity index (χ2n) is 18.4. The molecule has 2 saturated carbocycles. The first-order valence-corrected chi connectivity index (χ1v) is 21.9. The molecule has 0 bridgehead atoms. The summed E-state index contributed by atoms with van der Waals surface area (Å²) in [7, 11) is 1.93. The van der Waals surface area contributed by atoms with Crippen LogP contribution >= 0.6 is 0 Å². The molecule has 5 aliphatic carbocycles. The quantitative estimate of drug-likeness (QED) is 0.0443. The minimum absolute atomic E-state index is 0.0383. The molecule has 0 spiro atoms. The van der Waals surface area contributed by atoms with Gasteiger partial charge in [-0.3, -0.25) is 14.9 Å². The number of fused-ring (bicyclic) bond motifs is 3. The van der Waals surface area contributed by atoms with Crippen molar-refractivity contribution in [1.82, 2.24) is 21.3 Å². The van der Waals surface area contributed by atoms with Gasteiger partial charge < -0.3 is 30.5 Å². The zero-order chi connectivity index (χ0) is 39.5. The normalized spacial score (nSPS) is 39.3. The molecule has 308 valence electrons. The van der Waals surface area contributed by atoms with Gasteiger partial charge in [0.25, 0.3) is 5.60 Å². The number of aliphatic hydroxyl groups excluding tert-OH is 1. The summed E-state index contributed by atoms with van der Waals surface area (Å²) in [4.78, 5) is 45.0. The Balaban J connectivity index is 1.14. The van der Waals surface area contributed by atoms with E-state index in [1.807, 2.05) is 14.0 Å². The molecule has 0 aromatic carbocycles. The number of rotatable bonds is 16. The number of ketones is 2. The van der Waals surface area contributed by atoms with Crippen LogP contribution in [0, 0.1) is 40.9 Å². The predicted octanol–water partition coefficient (Wildman–Crippen LogP) is 5.60. The van der Waals surface area contributed by atoms with Gasteiger partial charge in [-0.1, -0.05) is 68.4 Å². The summed E-state index contributed by atoms with van der Waals surface area (Å²) in [5.74, 6) is -1.30. The highest BCUT2D eigenvalue weighted by molar-refractivity contribution is 6.23. The molecular formula is C46H68N4O6. The summed E-state index contributed by atoms with van der Waals surface area (Å²) in [6, 6.07) is 0.0409. The maximum Gasteiger partial charge on any atom is 0.350 e. The zero-order valence-electron chi connectivity index (χ0n) is 34.4. The summed E-state index contributed by atoms with van der Waals surface area (Å²) in [5, 5.41) is 24.6. The first kappa shape index (κ1) is 41.4. The second kappa shape index (κ2) is 17.6. The third kappa shape index (κ3) is 8.13. The summed E-state index contributed by atoms with van der Waals surface area (Å²) in [6.45, 7) is 8.69. The van der Waals surface area contributed by atoms with Crippen LogP contribution in [0.15, 0.2) is 59.3 Å². The Bertz CT molecular complexity index is 1630. The number of hydrogen-bond donors (Lipinski definition) is 5. The highest BCUT2D eigenvalue weighted by atomic mass is 16.7. The molecule has 2 heterocycles. The number of carbonyl (C=O) groups excluding carboxylic acids is 3. The van der Waals surface area contributed by atoms with E-state index in [0.717, 1.165) is 96.0 Å². The molecule has 56 heavy (non-hydrogen) atoms. The Kier molecular flexibility index (Phi) is 13.0. The topological polar surface area (TPSA) is 141 Å². The lowest BCUT2D eigenvalue weighted by Gasteiger charge is -2.44. The number of carbonyl (C=O) groups is 3. The van der Waals surface area contributed by atoms with Gasteiger partial charge in [0.05, 0.1) is 19.4 Å². The number of likely N-dealkylation sites (N-methyl/N-ethyl adjacent to an activating group) is 1. The third-order valence-electron chi connectivity index (χ3n) is 14.6. The van der Waals surface area contributed by atoms with Gasteiger partial charge in [-0.2, -0.15) is 0 Å². The SMILES string of the molecule is CCN[C@@H]1C=C2C=CCC[C@H]2C[C@@H]1COC(=O)[C@]12O[C@@]1(CC(CO)=C(C)CCC1CCNC(NCNC)C1)C(=O)C1CCCC(C[C@@]3(C)C=CC=CC3)C1C2=O. The van der Waals surface area contributed by atoms with Gasteiger partial charge in [0, 0.05) is 36.9 Å². The molecule has 7 aliphatic rings. The Morgan fingerprint density at radius 2 is 1.93 bits per heavy atom. The molecule has 2 saturated heterocycles. The van der Waals surface area contributed by atoms with E-state index >= 15 is 9.59 Å². The predicted molar refractivity (Wildman–Crippen MR) is 218 cm³/mol. The van der Waals surface area contributed by atoms with Crippen molar-refractivity contribution in [2.75, 3.05) is 40.0 Å². The van der Waals surface area contributed by atoms with Gasteiger partial charge in [0.2, 0.25) is 0 Å². The fourth-order valence-corrected chi connectivity index (χ4v) is 11.4. The number of hydrogen-bond acceptors (Lipinski definition) is 10. The van der Waals surface area contributed by atoms with Crippen LogP contribution in [-0.4, -0.2) is 86.1 Å². The number of ether oxygens (including phenoxy) is 2. The molecule has 2 aliphatic heterocycles. The van der Waals surface area contributed by atoms with Crippen molar-refractivity contribution in [1.29, 1.82) is 0 Å². The maximum atomic E-state index is 15.2. The van der Waals surface area contributed by atoms with E-state index in [1.165, 1.54) is 5.57 Å². The van der Waals surface area contributed by atoms with Crippen LogP contribution in [0.25, 0.3) is 0 Å². The van der Waals surface area contributed by atoms with Crippen molar-refractivity contribution in [3.8, 4) is 0 Å². The lowest BCUT2D eigenvalue weighted by Crippen LogP contribution is -2.60. The molecule has 5 N–H and O–H groups in total. The Morgan fingerprint density at radius 3 is 2.70 bits per heavy atom. The number of allylic oxidation sites excluding steroid dienone is 8. The summed E-state index contributed by atoms with van der Waals surface area (Å²) < 4.78 is 12.8. The van der Waals surface area contributed by atoms with Crippen LogP contribution in [-0.2, 0) is 23.9 Å². The van der Waals surface area contributed by atoms with Crippen LogP contribution in [0.5, 0.6) is 0 Å². The molecule has 0 amide bonds. The number of aliphatic hydroxyl groups is 1. The highest BCUT2D eigenvalue weighted by Gasteiger charge is 2.87. The van der Waals surface area contributed by atoms with Crippen LogP contribution in [0.2, 0.25) is 0 Å². The number of Topliss-reactive ketones (excluding diaryl/α,β-unsaturated/α-hetero) is 2. The zero-order valence-corrected chi connectivity index (χ0v) is 34.4. The summed E-state index contributed by atoms with van der Waals surface area (Å²) in [6.07, 6.45) is 26.3. The average molecular weight is 773 g/mol. The number of esters is 1. The largest absolute Gasteiger partial charge is 0.463 e. The average Bonchev–Trinajstić information content (AvgIpc) is 3.91. The molecule has 0 aromatic heterocycles. The molecule has 10 heteroatoms. The molecule has 11 atom stereocenters. The van der Waals surface area contributed by atoms with Crippen molar-refractivity contribution < 1.29 is 29.0 Å². The molecule has 5 unspecified atom stereocenters. The first-order chi connectivity index (χ1) is 27.1. The lowest BCUT2D eigenvalue weighted by molar-refractivity contribution is -0.161. The number of nitrogens with one attached hydrogen (secondary N) is 4. The van der Waals surface area contributed by atoms with E-state index in [2.05, 4.69) is 77.6 Å². The Labute approximate surface area is 334 Å². The van der Waals surface area contributed by atoms with Crippen molar-refractivity contribution in [2.24, 2.45) is 40.9 Å². The Hall–Kier alpha value is -2.73. The van der Waals surface area contributed by atoms with Gasteiger partial charge in [0.15, 0.2) is 17.2 Å². The minimum atomic E-state index is -1.98. The molecule has 0 radical (unpaired) electrons. The summed E-state index contributed by atoms with van der Waals surface area (Å²) >= 11 is 0. The van der Waals surface area contributed by atoms with E-state index in [1.54, 1.807) is 0 Å². The highest BCUT2D eigenvalue weighted by Crippen LogP contribution is 2.64. The van der Waals surface area contributed by atoms with Gasteiger partial charge in [0.1, 0.15) is 0 Å². The van der Waals surface area contributed by atoms with Gasteiger partial charge >= 0.3 is 5.97 Å². The molecule has 4 fully saturated rings. The molecule has 7 rings (SSSR count). The second-order valence-corrected chi connectivity index (χ2v) is 18.4. The number of piperidine rings is 1. The van der Waals surface area contributed by atoms with Gasteiger partial charge in [-0.05, 0) is 132 Å². The van der Waals surface area contributed by atoms with Crippen LogP contribution in [0.3, 0.4) is 0 Å². The van der Waals surface area contributed by atoms with E-state index in [0.29, 0.717) is 23.8 Å². The van der Waals surface area contributed by atoms with Crippen LogP contribution < -0.4 is 21.3 Å². The van der Waals surface area contributed by atoms with E-state index in [4.69, 9.17) is 9.47 Å². The Morgan fingerprint density at radius 1 is 1.07 bits per heavy atom. The van der Waals surface area contributed by atoms with Crippen molar-refractivity contribution in [3.05, 3.63) is 59.3 Å². The minimum Gasteiger partial charge on any atom is -0.463 e. The molecule has 10 nitrogen and oxygen atoms in total. The molecule has 0 aromatic rings.